The van der Waals surface area contributed by atoms with E-state index in [1.807, 2.05) is 32.3 Å². The average Bonchev–Trinajstić information content (AvgIpc) is 3.35. The zero-order valence-electron chi connectivity index (χ0n) is 19.0. The number of halogens is 2. The maximum Gasteiger partial charge on any atom is 0.387 e. The number of amides is 1. The number of carbonyl (C=O) groups is 1. The van der Waals surface area contributed by atoms with Gasteiger partial charge in [0.05, 0.1) is 36.5 Å². The Morgan fingerprint density at radius 3 is 2.38 bits per heavy atom. The van der Waals surface area contributed by atoms with Gasteiger partial charge in [-0.3, -0.25) is 14.2 Å². The van der Waals surface area contributed by atoms with Crippen molar-refractivity contribution in [1.29, 1.82) is 0 Å². The fraction of sp³-hybridized carbons (Fsp3) is 0.261. The normalized spacial score (nSPS) is 11.3. The summed E-state index contributed by atoms with van der Waals surface area (Å²) in [6.45, 7) is -0.913. The third-order valence-corrected chi connectivity index (χ3v) is 5.26. The molecule has 4 rings (SSSR count). The molecule has 0 unspecified atom stereocenters. The van der Waals surface area contributed by atoms with Crippen molar-refractivity contribution in [2.75, 3.05) is 13.7 Å². The molecule has 0 fully saturated rings. The number of nitrogens with zero attached hydrogens (tertiary/aromatic N) is 4. The second kappa shape index (κ2) is 9.00. The molecule has 1 amide bonds. The molecule has 178 valence electrons. The van der Waals surface area contributed by atoms with Crippen LogP contribution >= 0.6 is 0 Å². The molecule has 0 aliphatic heterocycles. The van der Waals surface area contributed by atoms with Gasteiger partial charge in [-0.2, -0.15) is 19.0 Å². The van der Waals surface area contributed by atoms with E-state index in [4.69, 9.17) is 15.2 Å². The summed E-state index contributed by atoms with van der Waals surface area (Å²) in [5.74, 6) is -0.794. The van der Waals surface area contributed by atoms with E-state index in [0.717, 1.165) is 11.1 Å². The van der Waals surface area contributed by atoms with Gasteiger partial charge in [0.1, 0.15) is 22.8 Å². The number of nitrogens with two attached hydrogens (primary N) is 1. The fourth-order valence-electron chi connectivity index (χ4n) is 3.95. The van der Waals surface area contributed by atoms with Crippen LogP contribution in [0.25, 0.3) is 33.3 Å². The lowest BCUT2D eigenvalue weighted by Crippen LogP contribution is -2.16. The van der Waals surface area contributed by atoms with Crippen LogP contribution in [-0.4, -0.2) is 45.8 Å². The first-order chi connectivity index (χ1) is 16.2. The van der Waals surface area contributed by atoms with Crippen LogP contribution in [0.4, 0.5) is 8.78 Å². The monoisotopic (exact) mass is 471 g/mol. The van der Waals surface area contributed by atoms with Crippen molar-refractivity contribution in [2.24, 2.45) is 19.8 Å². The van der Waals surface area contributed by atoms with Gasteiger partial charge in [0.2, 0.25) is 0 Å². The lowest BCUT2D eigenvalue weighted by Gasteiger charge is -2.15. The molecule has 2 aromatic carbocycles. The van der Waals surface area contributed by atoms with E-state index in [9.17, 15) is 13.6 Å². The summed E-state index contributed by atoms with van der Waals surface area (Å²) in [6, 6.07) is 6.61. The molecule has 0 spiro atoms. The Morgan fingerprint density at radius 1 is 1.09 bits per heavy atom. The van der Waals surface area contributed by atoms with Crippen LogP contribution in [0, 0.1) is 0 Å². The number of carbonyl (C=O) groups excluding carboxylic acids is 1. The predicted octanol–water partition coefficient (Wildman–Crippen LogP) is 3.75. The summed E-state index contributed by atoms with van der Waals surface area (Å²) in [5.41, 5.74) is 8.48. The minimum Gasteiger partial charge on any atom is -0.496 e. The molecule has 9 nitrogen and oxygen atoms in total. The van der Waals surface area contributed by atoms with Crippen molar-refractivity contribution in [3.8, 4) is 39.6 Å². The van der Waals surface area contributed by atoms with Crippen LogP contribution in [0.5, 0.6) is 17.2 Å². The second-order valence-corrected chi connectivity index (χ2v) is 7.47. The van der Waals surface area contributed by atoms with Crippen molar-refractivity contribution in [1.82, 2.24) is 19.6 Å². The maximum absolute atomic E-state index is 13.1. The lowest BCUT2D eigenvalue weighted by atomic mass is 10.0. The third kappa shape index (κ3) is 4.12. The first-order valence-electron chi connectivity index (χ1n) is 10.3. The highest BCUT2D eigenvalue weighted by molar-refractivity contribution is 6.03. The predicted molar refractivity (Wildman–Crippen MR) is 121 cm³/mol. The molecule has 34 heavy (non-hydrogen) atoms. The van der Waals surface area contributed by atoms with E-state index >= 15 is 0 Å². The standard InChI is InChI=1S/C23H23F2N5O4/c1-5-33-17-7-12(14-10-27-29(2)11-14)6-15-19(17)21(30(3)28-15)13-8-16(32-4)20(22(26)31)18(9-13)34-23(24)25/h6-11,23H,5H2,1-4H3,(H2,26,31). The highest BCUT2D eigenvalue weighted by Crippen LogP contribution is 2.42. The molecule has 0 aliphatic rings. The van der Waals surface area contributed by atoms with Gasteiger partial charge in [0, 0.05) is 31.4 Å². The summed E-state index contributed by atoms with van der Waals surface area (Å²) in [7, 11) is 4.86. The van der Waals surface area contributed by atoms with Crippen molar-refractivity contribution >= 4 is 16.8 Å². The smallest absolute Gasteiger partial charge is 0.387 e. The van der Waals surface area contributed by atoms with E-state index < -0.39 is 18.3 Å². The molecular formula is C23H23F2N5O4. The Bertz CT molecular complexity index is 1380. The summed E-state index contributed by atoms with van der Waals surface area (Å²) >= 11 is 0. The number of benzene rings is 2. The number of alkyl halides is 2. The van der Waals surface area contributed by atoms with Crippen LogP contribution in [0.1, 0.15) is 17.3 Å². The fourth-order valence-corrected chi connectivity index (χ4v) is 3.95. The molecule has 4 aromatic rings. The number of aryl methyl sites for hydroxylation is 2. The number of primary amides is 1. The van der Waals surface area contributed by atoms with Crippen molar-refractivity contribution in [3.05, 3.63) is 42.2 Å². The molecule has 0 saturated carbocycles. The minimum absolute atomic E-state index is 0.0000556. The summed E-state index contributed by atoms with van der Waals surface area (Å²) < 4.78 is 45.4. The number of hydrogen-bond donors (Lipinski definition) is 1. The quantitative estimate of drug-likeness (QED) is 0.420. The molecule has 11 heteroatoms. The van der Waals surface area contributed by atoms with Crippen molar-refractivity contribution in [2.45, 2.75) is 13.5 Å². The van der Waals surface area contributed by atoms with Crippen LogP contribution in [0.3, 0.4) is 0 Å². The molecule has 2 aromatic heterocycles. The molecule has 2 heterocycles. The molecule has 0 bridgehead atoms. The van der Waals surface area contributed by atoms with Crippen LogP contribution in [0.2, 0.25) is 0 Å². The molecular weight excluding hydrogens is 448 g/mol. The van der Waals surface area contributed by atoms with E-state index in [2.05, 4.69) is 14.9 Å². The first kappa shape index (κ1) is 23.0. The molecule has 0 radical (unpaired) electrons. The summed E-state index contributed by atoms with van der Waals surface area (Å²) in [5, 5.41) is 9.50. The van der Waals surface area contributed by atoms with Gasteiger partial charge in [-0.25, -0.2) is 0 Å². The van der Waals surface area contributed by atoms with Crippen LogP contribution in [-0.2, 0) is 14.1 Å². The first-order valence-corrected chi connectivity index (χ1v) is 10.3. The Hall–Kier alpha value is -4.15. The molecule has 0 atom stereocenters. The Kier molecular flexibility index (Phi) is 6.10. The van der Waals surface area contributed by atoms with Gasteiger partial charge in [0.25, 0.3) is 5.91 Å². The van der Waals surface area contributed by atoms with Crippen LogP contribution in [0.15, 0.2) is 36.7 Å². The van der Waals surface area contributed by atoms with Crippen LogP contribution < -0.4 is 19.9 Å². The number of fused-ring (bicyclic) bond motifs is 1. The minimum atomic E-state index is -3.16. The van der Waals surface area contributed by atoms with Crippen molar-refractivity contribution in [3.63, 3.8) is 0 Å². The summed E-state index contributed by atoms with van der Waals surface area (Å²) in [6.07, 6.45) is 3.62. The number of aromatic nitrogens is 4. The zero-order chi connectivity index (χ0) is 24.6. The largest absolute Gasteiger partial charge is 0.496 e. The van der Waals surface area contributed by atoms with E-state index in [0.29, 0.717) is 34.5 Å². The number of rotatable bonds is 8. The number of hydrogen-bond acceptors (Lipinski definition) is 6. The van der Waals surface area contributed by atoms with Gasteiger partial charge in [-0.15, -0.1) is 0 Å². The molecule has 0 aliphatic carbocycles. The van der Waals surface area contributed by atoms with E-state index in [1.54, 1.807) is 22.6 Å². The Morgan fingerprint density at radius 2 is 1.79 bits per heavy atom. The average molecular weight is 471 g/mol. The van der Waals surface area contributed by atoms with Gasteiger partial charge < -0.3 is 19.9 Å². The van der Waals surface area contributed by atoms with Gasteiger partial charge in [-0.05, 0) is 36.8 Å². The molecule has 2 N–H and O–H groups in total. The van der Waals surface area contributed by atoms with Gasteiger partial charge in [-0.1, -0.05) is 0 Å². The SMILES string of the molecule is CCOc1cc(-c2cnn(C)c2)cc2nn(C)c(-c3cc(OC)c(C(N)=O)c(OC(F)F)c3)c12. The van der Waals surface area contributed by atoms with Gasteiger partial charge >= 0.3 is 6.61 Å². The molecule has 0 saturated heterocycles. The van der Waals surface area contributed by atoms with E-state index in [-0.39, 0.29) is 11.3 Å². The maximum atomic E-state index is 13.1. The third-order valence-electron chi connectivity index (χ3n) is 5.26. The van der Waals surface area contributed by atoms with Gasteiger partial charge in [0.15, 0.2) is 0 Å². The Balaban J connectivity index is 1.99. The van der Waals surface area contributed by atoms with Crippen molar-refractivity contribution < 1.29 is 27.8 Å². The lowest BCUT2D eigenvalue weighted by molar-refractivity contribution is -0.0502. The second-order valence-electron chi connectivity index (χ2n) is 7.47. The zero-order valence-corrected chi connectivity index (χ0v) is 19.0. The number of ether oxygens (including phenoxy) is 3. The number of methoxy groups -OCH3 is 1. The topological polar surface area (TPSA) is 106 Å². The highest BCUT2D eigenvalue weighted by atomic mass is 19.3. The highest BCUT2D eigenvalue weighted by Gasteiger charge is 2.24. The summed E-state index contributed by atoms with van der Waals surface area (Å²) in [4.78, 5) is 11.9. The van der Waals surface area contributed by atoms with E-state index in [1.165, 1.54) is 19.2 Å². The Labute approximate surface area is 193 Å².